The summed E-state index contributed by atoms with van der Waals surface area (Å²) in [6.45, 7) is 10.3. The van der Waals surface area contributed by atoms with E-state index in [2.05, 4.69) is 29.4 Å². The number of piperidine rings is 1. The molecule has 0 amide bonds. The first-order valence-corrected chi connectivity index (χ1v) is 9.55. The fraction of sp³-hybridized carbons (Fsp3) is 0.944. The topological polar surface area (TPSA) is 39.7 Å². The highest BCUT2D eigenvalue weighted by Gasteiger charge is 2.16. The van der Waals surface area contributed by atoms with E-state index < -0.39 is 0 Å². The molecule has 1 unspecified atom stereocenters. The highest BCUT2D eigenvalue weighted by molar-refractivity contribution is 14.0. The normalized spacial score (nSPS) is 23.6. The van der Waals surface area contributed by atoms with Crippen LogP contribution in [0.1, 0.15) is 65.2 Å². The number of halogens is 1. The van der Waals surface area contributed by atoms with Gasteiger partial charge in [0.25, 0.3) is 0 Å². The first-order valence-electron chi connectivity index (χ1n) is 9.55. The van der Waals surface area contributed by atoms with Crippen LogP contribution >= 0.6 is 24.0 Å². The van der Waals surface area contributed by atoms with Crippen LogP contribution in [-0.2, 0) is 0 Å². The molecule has 2 N–H and O–H groups in total. The van der Waals surface area contributed by atoms with Gasteiger partial charge in [-0.2, -0.15) is 0 Å². The average Bonchev–Trinajstić information content (AvgIpc) is 3.00. The molecule has 23 heavy (non-hydrogen) atoms. The molecule has 1 aliphatic heterocycles. The van der Waals surface area contributed by atoms with E-state index in [0.717, 1.165) is 25.0 Å². The molecule has 0 aromatic rings. The number of guanidine groups is 1. The standard InChI is InChI=1S/C18H36N4.HI/c1-3-19-18(21-17-10-4-5-11-17)20-12-6-7-13-22-14-8-9-16(2)15-22;/h16-17H,3-15H2,1-2H3,(H2,19,20,21);1H. The SMILES string of the molecule is CCNC(=NCCCCN1CCCC(C)C1)NC1CCCC1.I. The minimum absolute atomic E-state index is 0. The number of aliphatic imine (C=N–C) groups is 1. The van der Waals surface area contributed by atoms with E-state index in [1.165, 1.54) is 71.0 Å². The monoisotopic (exact) mass is 436 g/mol. The van der Waals surface area contributed by atoms with Crippen LogP contribution in [0, 0.1) is 5.92 Å². The van der Waals surface area contributed by atoms with Crippen molar-refractivity contribution < 1.29 is 0 Å². The van der Waals surface area contributed by atoms with Gasteiger partial charge in [0.05, 0.1) is 0 Å². The molecule has 1 aliphatic carbocycles. The van der Waals surface area contributed by atoms with Gasteiger partial charge in [-0.15, -0.1) is 24.0 Å². The lowest BCUT2D eigenvalue weighted by atomic mass is 10.0. The van der Waals surface area contributed by atoms with Crippen LogP contribution in [0.4, 0.5) is 0 Å². The molecule has 2 fully saturated rings. The number of nitrogens with one attached hydrogen (secondary N) is 2. The zero-order valence-corrected chi connectivity index (χ0v) is 17.5. The summed E-state index contributed by atoms with van der Waals surface area (Å²) in [7, 11) is 0. The first kappa shape index (κ1) is 21.0. The number of nitrogens with zero attached hydrogens (tertiary/aromatic N) is 2. The summed E-state index contributed by atoms with van der Waals surface area (Å²) in [5.74, 6) is 1.92. The van der Waals surface area contributed by atoms with Gasteiger partial charge in [-0.1, -0.05) is 19.8 Å². The van der Waals surface area contributed by atoms with Crippen molar-refractivity contribution in [1.29, 1.82) is 0 Å². The first-order chi connectivity index (χ1) is 10.8. The predicted octanol–water partition coefficient (Wildman–Crippen LogP) is 3.61. The van der Waals surface area contributed by atoms with Crippen LogP contribution in [0.25, 0.3) is 0 Å². The minimum atomic E-state index is 0. The Labute approximate surface area is 160 Å². The molecule has 5 heteroatoms. The van der Waals surface area contributed by atoms with E-state index in [0.29, 0.717) is 6.04 Å². The second kappa shape index (κ2) is 12.3. The summed E-state index contributed by atoms with van der Waals surface area (Å²) in [5, 5.41) is 6.98. The molecule has 4 nitrogen and oxygen atoms in total. The molecule has 0 radical (unpaired) electrons. The van der Waals surface area contributed by atoms with Crippen LogP contribution in [0.2, 0.25) is 0 Å². The summed E-state index contributed by atoms with van der Waals surface area (Å²) in [5.41, 5.74) is 0. The summed E-state index contributed by atoms with van der Waals surface area (Å²) in [6, 6.07) is 0.646. The van der Waals surface area contributed by atoms with Crippen LogP contribution in [0.3, 0.4) is 0 Å². The third-order valence-corrected chi connectivity index (χ3v) is 4.93. The van der Waals surface area contributed by atoms with Gasteiger partial charge >= 0.3 is 0 Å². The molecule has 1 heterocycles. The number of hydrogen-bond acceptors (Lipinski definition) is 2. The Bertz CT molecular complexity index is 329. The lowest BCUT2D eigenvalue weighted by Gasteiger charge is -2.30. The number of likely N-dealkylation sites (tertiary alicyclic amines) is 1. The van der Waals surface area contributed by atoms with Crippen molar-refractivity contribution >= 4 is 29.9 Å². The van der Waals surface area contributed by atoms with Gasteiger partial charge < -0.3 is 15.5 Å². The van der Waals surface area contributed by atoms with Gasteiger partial charge in [0, 0.05) is 25.7 Å². The molecule has 0 bridgehead atoms. The van der Waals surface area contributed by atoms with Gasteiger partial charge in [0.15, 0.2) is 5.96 Å². The lowest BCUT2D eigenvalue weighted by molar-refractivity contribution is 0.181. The quantitative estimate of drug-likeness (QED) is 0.277. The number of hydrogen-bond donors (Lipinski definition) is 2. The molecule has 0 spiro atoms. The average molecular weight is 436 g/mol. The van der Waals surface area contributed by atoms with Crippen molar-refractivity contribution in [3.8, 4) is 0 Å². The summed E-state index contributed by atoms with van der Waals surface area (Å²) in [4.78, 5) is 7.39. The Morgan fingerprint density at radius 3 is 2.61 bits per heavy atom. The highest BCUT2D eigenvalue weighted by Crippen LogP contribution is 2.17. The molecule has 136 valence electrons. The molecular formula is C18H37IN4. The Balaban J connectivity index is 0.00000264. The third-order valence-electron chi connectivity index (χ3n) is 4.93. The fourth-order valence-electron chi connectivity index (χ4n) is 3.71. The van der Waals surface area contributed by atoms with E-state index in [4.69, 9.17) is 4.99 Å². The number of unbranched alkanes of at least 4 members (excludes halogenated alkanes) is 1. The third kappa shape index (κ3) is 8.57. The van der Waals surface area contributed by atoms with E-state index in [-0.39, 0.29) is 24.0 Å². The van der Waals surface area contributed by atoms with Gasteiger partial charge in [-0.05, 0) is 64.5 Å². The highest BCUT2D eigenvalue weighted by atomic mass is 127. The predicted molar refractivity (Wildman–Crippen MR) is 111 cm³/mol. The molecule has 1 saturated carbocycles. The van der Waals surface area contributed by atoms with E-state index >= 15 is 0 Å². The molecule has 1 atom stereocenters. The van der Waals surface area contributed by atoms with E-state index in [9.17, 15) is 0 Å². The van der Waals surface area contributed by atoms with Gasteiger partial charge in [0.1, 0.15) is 0 Å². The zero-order chi connectivity index (χ0) is 15.6. The van der Waals surface area contributed by atoms with E-state index in [1.54, 1.807) is 0 Å². The van der Waals surface area contributed by atoms with Gasteiger partial charge in [-0.3, -0.25) is 4.99 Å². The Kier molecular flexibility index (Phi) is 11.3. The largest absolute Gasteiger partial charge is 0.357 e. The van der Waals surface area contributed by atoms with Gasteiger partial charge in [0.2, 0.25) is 0 Å². The van der Waals surface area contributed by atoms with E-state index in [1.807, 2.05) is 0 Å². The second-order valence-electron chi connectivity index (χ2n) is 7.14. The molecule has 2 aliphatic rings. The molecule has 0 aromatic heterocycles. The molecular weight excluding hydrogens is 399 g/mol. The maximum absolute atomic E-state index is 4.75. The van der Waals surface area contributed by atoms with Gasteiger partial charge in [-0.25, -0.2) is 0 Å². The van der Waals surface area contributed by atoms with Crippen LogP contribution in [0.15, 0.2) is 4.99 Å². The Morgan fingerprint density at radius 2 is 1.91 bits per heavy atom. The van der Waals surface area contributed by atoms with Crippen molar-refractivity contribution in [2.24, 2.45) is 10.9 Å². The van der Waals surface area contributed by atoms with Crippen LogP contribution in [-0.4, -0.2) is 49.6 Å². The van der Waals surface area contributed by atoms with Crippen LogP contribution < -0.4 is 10.6 Å². The van der Waals surface area contributed by atoms with Crippen molar-refractivity contribution in [2.75, 3.05) is 32.7 Å². The molecule has 0 aromatic carbocycles. The zero-order valence-electron chi connectivity index (χ0n) is 15.1. The summed E-state index contributed by atoms with van der Waals surface area (Å²) < 4.78 is 0. The number of rotatable bonds is 7. The van der Waals surface area contributed by atoms with Crippen molar-refractivity contribution in [3.63, 3.8) is 0 Å². The maximum Gasteiger partial charge on any atom is 0.191 e. The summed E-state index contributed by atoms with van der Waals surface area (Å²) >= 11 is 0. The minimum Gasteiger partial charge on any atom is -0.357 e. The lowest BCUT2D eigenvalue weighted by Crippen LogP contribution is -2.42. The Morgan fingerprint density at radius 1 is 1.13 bits per heavy atom. The van der Waals surface area contributed by atoms with Crippen molar-refractivity contribution in [1.82, 2.24) is 15.5 Å². The molecule has 1 saturated heterocycles. The van der Waals surface area contributed by atoms with Crippen LogP contribution in [0.5, 0.6) is 0 Å². The second-order valence-corrected chi connectivity index (χ2v) is 7.14. The fourth-order valence-corrected chi connectivity index (χ4v) is 3.71. The Hall–Kier alpha value is -0.0400. The van der Waals surface area contributed by atoms with Crippen molar-refractivity contribution in [3.05, 3.63) is 0 Å². The maximum atomic E-state index is 4.75. The smallest absolute Gasteiger partial charge is 0.191 e. The van der Waals surface area contributed by atoms with Crippen molar-refractivity contribution in [2.45, 2.75) is 71.3 Å². The summed E-state index contributed by atoms with van der Waals surface area (Å²) in [6.07, 6.45) is 10.6. The molecule has 2 rings (SSSR count).